The van der Waals surface area contributed by atoms with E-state index in [1.165, 1.54) is 6.92 Å². The zero-order chi connectivity index (χ0) is 13.7. The van der Waals surface area contributed by atoms with Crippen LogP contribution < -0.4 is 4.74 Å². The molecule has 1 aliphatic rings. The van der Waals surface area contributed by atoms with Crippen molar-refractivity contribution in [2.24, 2.45) is 4.99 Å². The monoisotopic (exact) mass is 255 g/mol. The number of dihydropyridines is 1. The number of hydrogen-bond donors (Lipinski definition) is 0. The van der Waals surface area contributed by atoms with Crippen molar-refractivity contribution in [2.75, 3.05) is 6.54 Å². The van der Waals surface area contributed by atoms with Crippen LogP contribution in [-0.2, 0) is 4.79 Å². The SMILES string of the molecule is CC(=O)Oc1ccccc1C=C(C)C1=NCCC=C1. The first-order chi connectivity index (χ1) is 9.16. The third-order valence-corrected chi connectivity index (χ3v) is 2.80. The lowest BCUT2D eigenvalue weighted by Crippen LogP contribution is -2.04. The summed E-state index contributed by atoms with van der Waals surface area (Å²) in [4.78, 5) is 15.5. The first-order valence-corrected chi connectivity index (χ1v) is 6.34. The summed E-state index contributed by atoms with van der Waals surface area (Å²) in [7, 11) is 0. The number of aliphatic imine (C=N–C) groups is 1. The molecule has 3 heteroatoms. The molecular weight excluding hydrogens is 238 g/mol. The van der Waals surface area contributed by atoms with Crippen LogP contribution in [0.15, 0.2) is 47.0 Å². The summed E-state index contributed by atoms with van der Waals surface area (Å²) in [6, 6.07) is 7.49. The maximum Gasteiger partial charge on any atom is 0.308 e. The number of benzene rings is 1. The molecule has 0 bridgehead atoms. The van der Waals surface area contributed by atoms with E-state index in [2.05, 4.69) is 11.1 Å². The predicted octanol–water partition coefficient (Wildman–Crippen LogP) is 3.42. The number of carbonyl (C=O) groups is 1. The van der Waals surface area contributed by atoms with Crippen molar-refractivity contribution in [3.05, 3.63) is 47.6 Å². The van der Waals surface area contributed by atoms with Crippen molar-refractivity contribution < 1.29 is 9.53 Å². The Morgan fingerprint density at radius 2 is 2.11 bits per heavy atom. The molecule has 0 aromatic heterocycles. The third-order valence-electron chi connectivity index (χ3n) is 2.80. The first kappa shape index (κ1) is 13.3. The lowest BCUT2D eigenvalue weighted by Gasteiger charge is -2.09. The molecular formula is C16H17NO2. The van der Waals surface area contributed by atoms with Crippen LogP contribution in [0.5, 0.6) is 5.75 Å². The summed E-state index contributed by atoms with van der Waals surface area (Å²) < 4.78 is 5.19. The molecule has 3 nitrogen and oxygen atoms in total. The van der Waals surface area contributed by atoms with Gasteiger partial charge in [0.2, 0.25) is 0 Å². The molecule has 0 fully saturated rings. The van der Waals surface area contributed by atoms with Crippen LogP contribution in [-0.4, -0.2) is 18.2 Å². The maximum absolute atomic E-state index is 11.1. The fourth-order valence-corrected chi connectivity index (χ4v) is 1.92. The molecule has 0 atom stereocenters. The molecule has 0 saturated carbocycles. The quantitative estimate of drug-likeness (QED) is 0.613. The van der Waals surface area contributed by atoms with Crippen LogP contribution >= 0.6 is 0 Å². The van der Waals surface area contributed by atoms with E-state index in [1.54, 1.807) is 6.07 Å². The molecule has 0 radical (unpaired) electrons. The van der Waals surface area contributed by atoms with Gasteiger partial charge in [-0.05, 0) is 37.1 Å². The Balaban J connectivity index is 2.29. The summed E-state index contributed by atoms with van der Waals surface area (Å²) in [6.45, 7) is 4.25. The molecule has 0 N–H and O–H groups in total. The van der Waals surface area contributed by atoms with Gasteiger partial charge in [0, 0.05) is 19.0 Å². The number of allylic oxidation sites excluding steroid dienone is 2. The van der Waals surface area contributed by atoms with Gasteiger partial charge in [-0.15, -0.1) is 0 Å². The van der Waals surface area contributed by atoms with Crippen molar-refractivity contribution in [3.8, 4) is 5.75 Å². The number of ether oxygens (including phenoxy) is 1. The van der Waals surface area contributed by atoms with E-state index in [4.69, 9.17) is 4.74 Å². The highest BCUT2D eigenvalue weighted by Crippen LogP contribution is 2.22. The zero-order valence-electron chi connectivity index (χ0n) is 11.2. The van der Waals surface area contributed by atoms with Crippen molar-refractivity contribution in [2.45, 2.75) is 20.3 Å². The summed E-state index contributed by atoms with van der Waals surface area (Å²) >= 11 is 0. The molecule has 1 aromatic carbocycles. The normalized spacial score (nSPS) is 15.1. The molecule has 98 valence electrons. The number of esters is 1. The second-order valence-electron chi connectivity index (χ2n) is 4.42. The van der Waals surface area contributed by atoms with Gasteiger partial charge in [-0.25, -0.2) is 0 Å². The van der Waals surface area contributed by atoms with Crippen LogP contribution in [0.25, 0.3) is 6.08 Å². The van der Waals surface area contributed by atoms with Crippen molar-refractivity contribution in [3.63, 3.8) is 0 Å². The Kier molecular flexibility index (Phi) is 4.29. The van der Waals surface area contributed by atoms with Gasteiger partial charge >= 0.3 is 5.97 Å². The summed E-state index contributed by atoms with van der Waals surface area (Å²) in [5.41, 5.74) is 2.94. The second kappa shape index (κ2) is 6.14. The van der Waals surface area contributed by atoms with Crippen molar-refractivity contribution in [1.29, 1.82) is 0 Å². The Morgan fingerprint density at radius 1 is 1.32 bits per heavy atom. The van der Waals surface area contributed by atoms with Gasteiger partial charge in [-0.2, -0.15) is 0 Å². The smallest absolute Gasteiger partial charge is 0.308 e. The Hall–Kier alpha value is -2.16. The minimum absolute atomic E-state index is 0.312. The largest absolute Gasteiger partial charge is 0.426 e. The maximum atomic E-state index is 11.1. The minimum Gasteiger partial charge on any atom is -0.426 e. The topological polar surface area (TPSA) is 38.7 Å². The molecule has 0 amide bonds. The molecule has 1 aromatic rings. The molecule has 0 spiro atoms. The van der Waals surface area contributed by atoms with E-state index in [9.17, 15) is 4.79 Å². The average molecular weight is 255 g/mol. The highest BCUT2D eigenvalue weighted by molar-refractivity contribution is 6.11. The summed E-state index contributed by atoms with van der Waals surface area (Å²) in [6.07, 6.45) is 7.15. The molecule has 0 unspecified atom stereocenters. The number of nitrogens with zero attached hydrogens (tertiary/aromatic N) is 1. The third kappa shape index (κ3) is 3.65. The van der Waals surface area contributed by atoms with Crippen LogP contribution in [0.4, 0.5) is 0 Å². The zero-order valence-corrected chi connectivity index (χ0v) is 11.2. The van der Waals surface area contributed by atoms with Gasteiger partial charge in [0.25, 0.3) is 0 Å². The summed E-state index contributed by atoms with van der Waals surface area (Å²) in [5.74, 6) is 0.267. The molecule has 2 rings (SSSR count). The highest BCUT2D eigenvalue weighted by Gasteiger charge is 2.06. The van der Waals surface area contributed by atoms with E-state index in [0.717, 1.165) is 29.8 Å². The van der Waals surface area contributed by atoms with E-state index < -0.39 is 0 Å². The van der Waals surface area contributed by atoms with Crippen molar-refractivity contribution in [1.82, 2.24) is 0 Å². The Morgan fingerprint density at radius 3 is 2.79 bits per heavy atom. The standard InChI is InChI=1S/C16H17NO2/c1-12(15-8-5-6-10-17-15)11-14-7-3-4-9-16(14)19-13(2)18/h3-5,7-9,11H,6,10H2,1-2H3. The van der Waals surface area contributed by atoms with E-state index in [1.807, 2.05) is 37.3 Å². The van der Waals surface area contributed by atoms with Gasteiger partial charge in [0.05, 0.1) is 5.71 Å². The number of carbonyl (C=O) groups excluding carboxylic acids is 1. The Bertz CT molecular complexity index is 568. The minimum atomic E-state index is -0.312. The van der Waals surface area contributed by atoms with Crippen LogP contribution in [0.3, 0.4) is 0 Å². The predicted molar refractivity (Wildman–Crippen MR) is 77.5 cm³/mol. The van der Waals surface area contributed by atoms with Crippen LogP contribution in [0, 0.1) is 0 Å². The van der Waals surface area contributed by atoms with Gasteiger partial charge in [-0.1, -0.05) is 24.3 Å². The molecule has 0 aliphatic carbocycles. The second-order valence-corrected chi connectivity index (χ2v) is 4.42. The average Bonchev–Trinajstić information content (AvgIpc) is 2.41. The molecule has 0 saturated heterocycles. The molecule has 1 heterocycles. The number of para-hydroxylation sites is 1. The molecule has 1 aliphatic heterocycles. The van der Waals surface area contributed by atoms with Gasteiger partial charge in [0.1, 0.15) is 5.75 Å². The van der Waals surface area contributed by atoms with E-state index >= 15 is 0 Å². The van der Waals surface area contributed by atoms with E-state index in [-0.39, 0.29) is 5.97 Å². The number of rotatable bonds is 3. The van der Waals surface area contributed by atoms with Gasteiger partial charge in [-0.3, -0.25) is 9.79 Å². The lowest BCUT2D eigenvalue weighted by molar-refractivity contribution is -0.131. The van der Waals surface area contributed by atoms with Crippen LogP contribution in [0.1, 0.15) is 25.8 Å². The van der Waals surface area contributed by atoms with Gasteiger partial charge < -0.3 is 4.74 Å². The first-order valence-electron chi connectivity index (χ1n) is 6.34. The summed E-state index contributed by atoms with van der Waals surface area (Å²) in [5, 5.41) is 0. The number of hydrogen-bond acceptors (Lipinski definition) is 3. The fraction of sp³-hybridized carbons (Fsp3) is 0.250. The van der Waals surface area contributed by atoms with Gasteiger partial charge in [0.15, 0.2) is 0 Å². The Labute approximate surface area is 113 Å². The lowest BCUT2D eigenvalue weighted by atomic mass is 10.1. The fourth-order valence-electron chi connectivity index (χ4n) is 1.92. The van der Waals surface area contributed by atoms with E-state index in [0.29, 0.717) is 5.75 Å². The highest BCUT2D eigenvalue weighted by atomic mass is 16.5. The van der Waals surface area contributed by atoms with Crippen LogP contribution in [0.2, 0.25) is 0 Å². The van der Waals surface area contributed by atoms with Crippen molar-refractivity contribution >= 4 is 17.8 Å². The molecule has 19 heavy (non-hydrogen) atoms.